The fourth-order valence-electron chi connectivity index (χ4n) is 1.26. The van der Waals surface area contributed by atoms with Crippen molar-refractivity contribution < 1.29 is 5.11 Å². The van der Waals surface area contributed by atoms with Gasteiger partial charge in [-0.1, -0.05) is 17.7 Å². The number of likely N-dealkylation sites (N-methyl/N-ethyl adjacent to an activating group) is 1. The van der Waals surface area contributed by atoms with Crippen molar-refractivity contribution in [1.82, 2.24) is 5.32 Å². The van der Waals surface area contributed by atoms with Crippen molar-refractivity contribution in [2.24, 2.45) is 0 Å². The van der Waals surface area contributed by atoms with Crippen LogP contribution in [0.4, 0.5) is 0 Å². The number of phenols is 1. The molecule has 0 aromatic heterocycles. The Morgan fingerprint density at radius 1 is 1.46 bits per heavy atom. The van der Waals surface area contributed by atoms with E-state index in [2.05, 4.69) is 5.32 Å². The summed E-state index contributed by atoms with van der Waals surface area (Å²) in [6, 6.07) is 3.67. The van der Waals surface area contributed by atoms with E-state index in [1.54, 1.807) is 6.07 Å². The highest BCUT2D eigenvalue weighted by molar-refractivity contribution is 6.32. The zero-order chi connectivity index (χ0) is 9.84. The molecule has 72 valence electrons. The third kappa shape index (κ3) is 2.61. The molecule has 0 unspecified atom stereocenters. The van der Waals surface area contributed by atoms with E-state index in [9.17, 15) is 5.11 Å². The van der Waals surface area contributed by atoms with Gasteiger partial charge in [-0.3, -0.25) is 0 Å². The second-order valence-corrected chi connectivity index (χ2v) is 3.49. The van der Waals surface area contributed by atoms with Crippen LogP contribution >= 0.6 is 11.6 Å². The number of aromatic hydroxyl groups is 1. The predicted molar refractivity (Wildman–Crippen MR) is 55.5 cm³/mol. The summed E-state index contributed by atoms with van der Waals surface area (Å²) in [5.41, 5.74) is 2.03. The number of hydrogen-bond donors (Lipinski definition) is 2. The molecule has 0 saturated carbocycles. The maximum atomic E-state index is 9.43. The average Bonchev–Trinajstić information content (AvgIpc) is 2.09. The minimum atomic E-state index is 0.174. The molecule has 0 radical (unpaired) electrons. The molecule has 0 saturated heterocycles. The van der Waals surface area contributed by atoms with E-state index in [4.69, 9.17) is 11.6 Å². The molecule has 2 N–H and O–H groups in total. The molecule has 1 aromatic rings. The summed E-state index contributed by atoms with van der Waals surface area (Å²) in [5, 5.41) is 12.9. The molecule has 3 heteroatoms. The van der Waals surface area contributed by atoms with E-state index < -0.39 is 0 Å². The monoisotopic (exact) mass is 199 g/mol. The quantitative estimate of drug-likeness (QED) is 0.782. The molecule has 0 fully saturated rings. The smallest absolute Gasteiger partial charge is 0.134 e. The molecule has 1 aromatic carbocycles. The summed E-state index contributed by atoms with van der Waals surface area (Å²) in [7, 11) is 1.89. The van der Waals surface area contributed by atoms with Gasteiger partial charge in [-0.15, -0.1) is 0 Å². The standard InChI is InChI=1S/C10H14ClNO/c1-7-5-8(3-4-12-2)10(11)9(13)6-7/h5-6,12-13H,3-4H2,1-2H3. The largest absolute Gasteiger partial charge is 0.506 e. The zero-order valence-corrected chi connectivity index (χ0v) is 8.65. The van der Waals surface area contributed by atoms with Crippen molar-refractivity contribution >= 4 is 11.6 Å². The number of benzene rings is 1. The van der Waals surface area contributed by atoms with Crippen LogP contribution in [0.5, 0.6) is 5.75 Å². The van der Waals surface area contributed by atoms with Gasteiger partial charge in [-0.2, -0.15) is 0 Å². The van der Waals surface area contributed by atoms with E-state index in [0.29, 0.717) is 5.02 Å². The summed E-state index contributed by atoms with van der Waals surface area (Å²) < 4.78 is 0. The molecule has 0 amide bonds. The van der Waals surface area contributed by atoms with Gasteiger partial charge in [-0.25, -0.2) is 0 Å². The van der Waals surface area contributed by atoms with Crippen LogP contribution in [0.1, 0.15) is 11.1 Å². The topological polar surface area (TPSA) is 32.3 Å². The SMILES string of the molecule is CNCCc1cc(C)cc(O)c1Cl. The Labute approximate surface area is 83.5 Å². The van der Waals surface area contributed by atoms with Crippen molar-refractivity contribution in [2.45, 2.75) is 13.3 Å². The van der Waals surface area contributed by atoms with Crippen LogP contribution in [0.25, 0.3) is 0 Å². The van der Waals surface area contributed by atoms with Gasteiger partial charge >= 0.3 is 0 Å². The van der Waals surface area contributed by atoms with Crippen LogP contribution in [-0.2, 0) is 6.42 Å². The van der Waals surface area contributed by atoms with Gasteiger partial charge < -0.3 is 10.4 Å². The van der Waals surface area contributed by atoms with E-state index >= 15 is 0 Å². The fourth-order valence-corrected chi connectivity index (χ4v) is 1.47. The van der Waals surface area contributed by atoms with Crippen molar-refractivity contribution in [3.8, 4) is 5.75 Å². The van der Waals surface area contributed by atoms with Crippen molar-refractivity contribution in [3.05, 3.63) is 28.3 Å². The number of aryl methyl sites for hydroxylation is 1. The Bertz CT molecular complexity index is 299. The zero-order valence-electron chi connectivity index (χ0n) is 7.89. The Kier molecular flexibility index (Phi) is 3.58. The van der Waals surface area contributed by atoms with Gasteiger partial charge in [0, 0.05) is 0 Å². The maximum Gasteiger partial charge on any atom is 0.134 e. The van der Waals surface area contributed by atoms with Crippen LogP contribution in [0.2, 0.25) is 5.02 Å². The lowest BCUT2D eigenvalue weighted by molar-refractivity contribution is 0.474. The lowest BCUT2D eigenvalue weighted by Crippen LogP contribution is -2.10. The number of phenolic OH excluding ortho intramolecular Hbond substituents is 1. The predicted octanol–water partition coefficient (Wildman–Crippen LogP) is 2.12. The first-order valence-electron chi connectivity index (χ1n) is 4.27. The lowest BCUT2D eigenvalue weighted by Gasteiger charge is -2.07. The normalized spacial score (nSPS) is 10.4. The second-order valence-electron chi connectivity index (χ2n) is 3.11. The first-order chi connectivity index (χ1) is 6.15. The lowest BCUT2D eigenvalue weighted by atomic mass is 10.1. The summed E-state index contributed by atoms with van der Waals surface area (Å²) in [4.78, 5) is 0. The third-order valence-electron chi connectivity index (χ3n) is 1.92. The van der Waals surface area contributed by atoms with Crippen LogP contribution in [0.3, 0.4) is 0 Å². The Morgan fingerprint density at radius 3 is 2.77 bits per heavy atom. The molecule has 0 aliphatic carbocycles. The third-order valence-corrected chi connectivity index (χ3v) is 2.35. The summed E-state index contributed by atoms with van der Waals surface area (Å²) in [5.74, 6) is 0.174. The van der Waals surface area contributed by atoms with Gasteiger partial charge in [0.1, 0.15) is 5.75 Å². The highest BCUT2D eigenvalue weighted by atomic mass is 35.5. The molecule has 0 spiro atoms. The first-order valence-corrected chi connectivity index (χ1v) is 4.65. The van der Waals surface area contributed by atoms with E-state index in [-0.39, 0.29) is 5.75 Å². The minimum Gasteiger partial charge on any atom is -0.506 e. The summed E-state index contributed by atoms with van der Waals surface area (Å²) in [6.45, 7) is 2.81. The summed E-state index contributed by atoms with van der Waals surface area (Å²) in [6.07, 6.45) is 0.838. The van der Waals surface area contributed by atoms with Crippen molar-refractivity contribution in [1.29, 1.82) is 0 Å². The highest BCUT2D eigenvalue weighted by Crippen LogP contribution is 2.28. The van der Waals surface area contributed by atoms with Crippen LogP contribution in [-0.4, -0.2) is 18.7 Å². The number of rotatable bonds is 3. The Balaban J connectivity index is 2.92. The second kappa shape index (κ2) is 4.49. The molecule has 0 bridgehead atoms. The first kappa shape index (κ1) is 10.4. The number of nitrogens with one attached hydrogen (secondary N) is 1. The molecular formula is C10H14ClNO. The van der Waals surface area contributed by atoms with Gasteiger partial charge in [0.15, 0.2) is 0 Å². The van der Waals surface area contributed by atoms with Gasteiger partial charge in [0.2, 0.25) is 0 Å². The molecule has 0 atom stereocenters. The minimum absolute atomic E-state index is 0.174. The molecule has 13 heavy (non-hydrogen) atoms. The van der Waals surface area contributed by atoms with Crippen LogP contribution in [0, 0.1) is 6.92 Å². The van der Waals surface area contributed by atoms with Gasteiger partial charge in [0.05, 0.1) is 5.02 Å². The van der Waals surface area contributed by atoms with Gasteiger partial charge in [-0.05, 0) is 44.1 Å². The van der Waals surface area contributed by atoms with E-state index in [1.165, 1.54) is 0 Å². The van der Waals surface area contributed by atoms with E-state index in [1.807, 2.05) is 20.0 Å². The van der Waals surface area contributed by atoms with Crippen LogP contribution in [0.15, 0.2) is 12.1 Å². The average molecular weight is 200 g/mol. The van der Waals surface area contributed by atoms with Gasteiger partial charge in [0.25, 0.3) is 0 Å². The molecule has 1 rings (SSSR count). The molecule has 0 aliphatic rings. The number of hydrogen-bond acceptors (Lipinski definition) is 2. The summed E-state index contributed by atoms with van der Waals surface area (Å²) >= 11 is 5.92. The molecule has 2 nitrogen and oxygen atoms in total. The van der Waals surface area contributed by atoms with Crippen molar-refractivity contribution in [2.75, 3.05) is 13.6 Å². The maximum absolute atomic E-state index is 9.43. The Hall–Kier alpha value is -0.730. The highest BCUT2D eigenvalue weighted by Gasteiger charge is 2.05. The fraction of sp³-hybridized carbons (Fsp3) is 0.400. The molecular weight excluding hydrogens is 186 g/mol. The molecule has 0 aliphatic heterocycles. The Morgan fingerprint density at radius 2 is 2.15 bits per heavy atom. The van der Waals surface area contributed by atoms with Crippen molar-refractivity contribution in [3.63, 3.8) is 0 Å². The molecule has 0 heterocycles. The van der Waals surface area contributed by atoms with Crippen LogP contribution < -0.4 is 5.32 Å². The van der Waals surface area contributed by atoms with E-state index in [0.717, 1.165) is 24.1 Å². The number of halogens is 1.